The van der Waals surface area contributed by atoms with Crippen molar-refractivity contribution in [2.45, 2.75) is 57.8 Å². The van der Waals surface area contributed by atoms with Gasteiger partial charge in [0.2, 0.25) is 10.0 Å². The fourth-order valence-electron chi connectivity index (χ4n) is 3.92. The second-order valence-corrected chi connectivity index (χ2v) is 11.1. The number of nitriles is 1. The van der Waals surface area contributed by atoms with Crippen LogP contribution in [0.5, 0.6) is 0 Å². The highest BCUT2D eigenvalue weighted by molar-refractivity contribution is 7.89. The maximum Gasteiger partial charge on any atom is 0.256 e. The maximum atomic E-state index is 12.9. The molecule has 166 valence electrons. The number of anilines is 1. The van der Waals surface area contributed by atoms with Crippen LogP contribution in [-0.2, 0) is 22.9 Å². The summed E-state index contributed by atoms with van der Waals surface area (Å²) >= 11 is 1.48. The van der Waals surface area contributed by atoms with Gasteiger partial charge < -0.3 is 5.32 Å². The minimum Gasteiger partial charge on any atom is -0.312 e. The largest absolute Gasteiger partial charge is 0.312 e. The first-order valence-corrected chi connectivity index (χ1v) is 13.0. The molecule has 1 heterocycles. The van der Waals surface area contributed by atoms with Crippen molar-refractivity contribution in [1.82, 2.24) is 4.31 Å². The summed E-state index contributed by atoms with van der Waals surface area (Å²) in [5, 5.41) is 13.1. The molecule has 1 amide bonds. The minimum absolute atomic E-state index is 0.184. The molecule has 1 aliphatic rings. The number of nitrogens with one attached hydrogen (secondary N) is 1. The number of thiophene rings is 1. The quantitative estimate of drug-likeness (QED) is 0.613. The van der Waals surface area contributed by atoms with Crippen molar-refractivity contribution in [2.24, 2.45) is 5.92 Å². The van der Waals surface area contributed by atoms with Crippen molar-refractivity contribution in [3.63, 3.8) is 0 Å². The molecule has 0 fully saturated rings. The number of rotatable bonds is 8. The van der Waals surface area contributed by atoms with E-state index in [0.717, 1.165) is 37.7 Å². The van der Waals surface area contributed by atoms with Gasteiger partial charge in [0.1, 0.15) is 11.1 Å². The Bertz CT molecular complexity index is 1080. The number of aryl methyl sites for hydroxylation is 1. The highest BCUT2D eigenvalue weighted by Gasteiger charge is 2.26. The zero-order chi connectivity index (χ0) is 22.6. The van der Waals surface area contributed by atoms with E-state index in [1.807, 2.05) is 13.8 Å². The Balaban J connectivity index is 1.80. The van der Waals surface area contributed by atoms with Gasteiger partial charge in [0.05, 0.1) is 10.5 Å². The number of amides is 1. The van der Waals surface area contributed by atoms with Gasteiger partial charge in [0.15, 0.2) is 0 Å². The van der Waals surface area contributed by atoms with Crippen LogP contribution in [0.4, 0.5) is 5.00 Å². The molecule has 31 heavy (non-hydrogen) atoms. The standard InChI is InChI=1S/C23H29N3O3S2/c1-4-12-26(13-5-2)31(28,29)18-9-7-17(8-10-18)22(27)25-23-20(15-24)19-14-16(3)6-11-21(19)30-23/h7-10,16H,4-6,11-14H2,1-3H3,(H,25,27)/t16-/m1/s1. The highest BCUT2D eigenvalue weighted by atomic mass is 32.2. The van der Waals surface area contributed by atoms with Crippen LogP contribution < -0.4 is 5.32 Å². The summed E-state index contributed by atoms with van der Waals surface area (Å²) in [5.74, 6) is 0.193. The average Bonchev–Trinajstić information content (AvgIpc) is 3.09. The third-order valence-electron chi connectivity index (χ3n) is 5.55. The summed E-state index contributed by atoms with van der Waals surface area (Å²) in [7, 11) is -3.58. The minimum atomic E-state index is -3.58. The number of hydrogen-bond donors (Lipinski definition) is 1. The fourth-order valence-corrected chi connectivity index (χ4v) is 6.73. The van der Waals surface area contributed by atoms with Crippen molar-refractivity contribution in [3.8, 4) is 6.07 Å². The third kappa shape index (κ3) is 5.00. The van der Waals surface area contributed by atoms with Crippen molar-refractivity contribution in [3.05, 3.63) is 45.8 Å². The molecule has 1 atom stereocenters. The zero-order valence-corrected chi connectivity index (χ0v) is 19.9. The average molecular weight is 460 g/mol. The normalized spacial score (nSPS) is 16.0. The predicted molar refractivity (Wildman–Crippen MR) is 124 cm³/mol. The Morgan fingerprint density at radius 1 is 1.23 bits per heavy atom. The molecule has 0 spiro atoms. The van der Waals surface area contributed by atoms with Gasteiger partial charge in [-0.15, -0.1) is 11.3 Å². The Hall–Kier alpha value is -2.21. The number of nitrogens with zero attached hydrogens (tertiary/aromatic N) is 2. The number of fused-ring (bicyclic) bond motifs is 1. The van der Waals surface area contributed by atoms with Gasteiger partial charge in [-0.25, -0.2) is 8.42 Å². The lowest BCUT2D eigenvalue weighted by molar-refractivity contribution is 0.102. The molecule has 2 aromatic rings. The number of carbonyl (C=O) groups excluding carboxylic acids is 1. The number of sulfonamides is 1. The SMILES string of the molecule is CCCN(CCC)S(=O)(=O)c1ccc(C(=O)Nc2sc3c(c2C#N)C[C@H](C)CC3)cc1. The van der Waals surface area contributed by atoms with Gasteiger partial charge >= 0.3 is 0 Å². The molecule has 3 rings (SSSR count). The molecular weight excluding hydrogens is 430 g/mol. The molecule has 1 N–H and O–H groups in total. The lowest BCUT2D eigenvalue weighted by Crippen LogP contribution is -2.32. The van der Waals surface area contributed by atoms with Gasteiger partial charge in [-0.2, -0.15) is 9.57 Å². The van der Waals surface area contributed by atoms with E-state index in [4.69, 9.17) is 0 Å². The molecule has 0 radical (unpaired) electrons. The van der Waals surface area contributed by atoms with Crippen LogP contribution in [0.25, 0.3) is 0 Å². The van der Waals surface area contributed by atoms with E-state index in [9.17, 15) is 18.5 Å². The molecule has 0 saturated heterocycles. The summed E-state index contributed by atoms with van der Waals surface area (Å²) in [6.07, 6.45) is 4.37. The van der Waals surface area contributed by atoms with Crippen molar-refractivity contribution in [1.29, 1.82) is 5.26 Å². The van der Waals surface area contributed by atoms with Gasteiger partial charge in [-0.1, -0.05) is 20.8 Å². The number of benzene rings is 1. The Morgan fingerprint density at radius 3 is 2.45 bits per heavy atom. The molecule has 1 aromatic heterocycles. The zero-order valence-electron chi connectivity index (χ0n) is 18.3. The first kappa shape index (κ1) is 23.5. The molecule has 0 aliphatic heterocycles. The third-order valence-corrected chi connectivity index (χ3v) is 8.67. The van der Waals surface area contributed by atoms with Crippen LogP contribution in [0.3, 0.4) is 0 Å². The van der Waals surface area contributed by atoms with E-state index < -0.39 is 10.0 Å². The van der Waals surface area contributed by atoms with Gasteiger partial charge in [0.25, 0.3) is 5.91 Å². The van der Waals surface area contributed by atoms with Crippen LogP contribution in [0.2, 0.25) is 0 Å². The van der Waals surface area contributed by atoms with E-state index >= 15 is 0 Å². The summed E-state index contributed by atoms with van der Waals surface area (Å²) in [5.41, 5.74) is 1.99. The van der Waals surface area contributed by atoms with Gasteiger partial charge in [-0.05, 0) is 67.9 Å². The van der Waals surface area contributed by atoms with Crippen molar-refractivity contribution in [2.75, 3.05) is 18.4 Å². The van der Waals surface area contributed by atoms with E-state index in [0.29, 0.717) is 35.1 Å². The molecule has 1 aliphatic carbocycles. The van der Waals surface area contributed by atoms with Crippen LogP contribution in [0, 0.1) is 17.2 Å². The first-order valence-electron chi connectivity index (χ1n) is 10.8. The van der Waals surface area contributed by atoms with Crippen LogP contribution >= 0.6 is 11.3 Å². The Kier molecular flexibility index (Phi) is 7.52. The highest BCUT2D eigenvalue weighted by Crippen LogP contribution is 2.39. The molecule has 0 saturated carbocycles. The van der Waals surface area contributed by atoms with Crippen molar-refractivity contribution < 1.29 is 13.2 Å². The number of carbonyl (C=O) groups is 1. The lowest BCUT2D eigenvalue weighted by atomic mass is 9.88. The molecule has 8 heteroatoms. The van der Waals surface area contributed by atoms with Crippen LogP contribution in [0.15, 0.2) is 29.2 Å². The van der Waals surface area contributed by atoms with E-state index in [2.05, 4.69) is 18.3 Å². The fraction of sp³-hybridized carbons (Fsp3) is 0.478. The van der Waals surface area contributed by atoms with Gasteiger partial charge in [-0.3, -0.25) is 4.79 Å². The van der Waals surface area contributed by atoms with E-state index in [1.54, 1.807) is 0 Å². The summed E-state index contributed by atoms with van der Waals surface area (Å²) in [6, 6.07) is 8.27. The Morgan fingerprint density at radius 2 is 1.87 bits per heavy atom. The molecule has 6 nitrogen and oxygen atoms in total. The Labute approximate surface area is 188 Å². The van der Waals surface area contributed by atoms with E-state index in [-0.39, 0.29) is 10.8 Å². The molecule has 0 unspecified atom stereocenters. The smallest absolute Gasteiger partial charge is 0.256 e. The van der Waals surface area contributed by atoms with Crippen LogP contribution in [0.1, 0.15) is 66.4 Å². The van der Waals surface area contributed by atoms with Crippen LogP contribution in [-0.4, -0.2) is 31.7 Å². The van der Waals surface area contributed by atoms with Gasteiger partial charge in [0, 0.05) is 23.5 Å². The monoisotopic (exact) mass is 459 g/mol. The maximum absolute atomic E-state index is 12.9. The lowest BCUT2D eigenvalue weighted by Gasteiger charge is -2.21. The summed E-state index contributed by atoms with van der Waals surface area (Å²) in [6.45, 7) is 7.01. The predicted octanol–water partition coefficient (Wildman–Crippen LogP) is 4.81. The number of hydrogen-bond acceptors (Lipinski definition) is 5. The second-order valence-electron chi connectivity index (χ2n) is 8.05. The van der Waals surface area contributed by atoms with Crippen molar-refractivity contribution >= 4 is 32.3 Å². The summed E-state index contributed by atoms with van der Waals surface area (Å²) in [4.78, 5) is 14.1. The molecule has 1 aromatic carbocycles. The first-order chi connectivity index (χ1) is 14.8. The topological polar surface area (TPSA) is 90.3 Å². The van der Waals surface area contributed by atoms with E-state index in [1.165, 1.54) is 44.8 Å². The molecule has 0 bridgehead atoms. The second kappa shape index (κ2) is 9.94. The summed E-state index contributed by atoms with van der Waals surface area (Å²) < 4.78 is 27.3. The molecular formula is C23H29N3O3S2.